The molecule has 0 aliphatic heterocycles. The molecule has 1 aromatic carbocycles. The van der Waals surface area contributed by atoms with E-state index in [1.54, 1.807) is 10.8 Å². The molecule has 0 unspecified atom stereocenters. The van der Waals surface area contributed by atoms with Gasteiger partial charge in [-0.2, -0.15) is 9.61 Å². The predicted molar refractivity (Wildman–Crippen MR) is 81.7 cm³/mol. The average molecular weight is 368 g/mol. The molecule has 8 nitrogen and oxygen atoms in total. The van der Waals surface area contributed by atoms with Crippen LogP contribution in [0.5, 0.6) is 11.6 Å². The fourth-order valence-corrected chi connectivity index (χ4v) is 2.45. The van der Waals surface area contributed by atoms with Gasteiger partial charge in [0.1, 0.15) is 5.82 Å². The van der Waals surface area contributed by atoms with E-state index in [4.69, 9.17) is 4.74 Å². The number of carbonyl (C=O) groups excluding carboxylic acids is 1. The second-order valence-electron chi connectivity index (χ2n) is 4.95. The van der Waals surface area contributed by atoms with Crippen molar-refractivity contribution in [2.75, 3.05) is 6.26 Å². The number of benzene rings is 1. The van der Waals surface area contributed by atoms with Crippen LogP contribution >= 0.6 is 0 Å². The number of fused-ring (bicyclic) bond motifs is 1. The molecule has 0 saturated heterocycles. The van der Waals surface area contributed by atoms with Crippen LogP contribution in [0.25, 0.3) is 5.65 Å². The Bertz CT molecular complexity index is 1080. The molecule has 25 heavy (non-hydrogen) atoms. The molecule has 2 aromatic heterocycles. The summed E-state index contributed by atoms with van der Waals surface area (Å²) in [5.41, 5.74) is -0.336. The summed E-state index contributed by atoms with van der Waals surface area (Å²) in [6, 6.07) is 4.17. The lowest BCUT2D eigenvalue weighted by Crippen LogP contribution is -2.30. The molecule has 3 rings (SSSR count). The Hall–Kier alpha value is -3.08. The summed E-state index contributed by atoms with van der Waals surface area (Å²) >= 11 is 0. The molecule has 0 saturated carbocycles. The topological polar surface area (TPSA) is 103 Å². The second kappa shape index (κ2) is 6.09. The molecule has 2 heterocycles. The zero-order valence-corrected chi connectivity index (χ0v) is 13.4. The maximum atomic E-state index is 14.2. The smallest absolute Gasteiger partial charge is 0.267 e. The highest BCUT2D eigenvalue weighted by Crippen LogP contribution is 2.27. The average Bonchev–Trinajstić information content (AvgIpc) is 2.98. The summed E-state index contributed by atoms with van der Waals surface area (Å²) in [6.07, 6.45) is 3.56. The van der Waals surface area contributed by atoms with Crippen molar-refractivity contribution >= 4 is 21.6 Å². The number of hydrogen-bond donors (Lipinski definition) is 1. The summed E-state index contributed by atoms with van der Waals surface area (Å²) < 4.78 is 58.4. The number of sulfonamides is 1. The Morgan fingerprint density at radius 3 is 2.68 bits per heavy atom. The highest BCUT2D eigenvalue weighted by atomic mass is 32.2. The van der Waals surface area contributed by atoms with Gasteiger partial charge in [-0.15, -0.1) is 0 Å². The first-order valence-corrected chi connectivity index (χ1v) is 8.61. The lowest BCUT2D eigenvalue weighted by Gasteiger charge is -2.10. The highest BCUT2D eigenvalue weighted by Gasteiger charge is 2.20. The van der Waals surface area contributed by atoms with Gasteiger partial charge in [0.25, 0.3) is 5.91 Å². The van der Waals surface area contributed by atoms with E-state index in [1.807, 2.05) is 0 Å². The summed E-state index contributed by atoms with van der Waals surface area (Å²) in [5.74, 6) is -3.93. The van der Waals surface area contributed by atoms with Gasteiger partial charge in [0, 0.05) is 24.4 Å². The number of rotatable bonds is 4. The van der Waals surface area contributed by atoms with Crippen LogP contribution < -0.4 is 9.46 Å². The molecule has 0 aliphatic carbocycles. The Morgan fingerprint density at radius 2 is 1.96 bits per heavy atom. The van der Waals surface area contributed by atoms with E-state index < -0.39 is 38.9 Å². The van der Waals surface area contributed by atoms with Crippen LogP contribution in [0.4, 0.5) is 8.78 Å². The number of amides is 1. The van der Waals surface area contributed by atoms with Crippen LogP contribution in [0.3, 0.4) is 0 Å². The molecule has 130 valence electrons. The maximum absolute atomic E-state index is 14.2. The molecular weight excluding hydrogens is 358 g/mol. The number of nitrogens with zero attached hydrogens (tertiary/aromatic N) is 3. The van der Waals surface area contributed by atoms with Gasteiger partial charge in [-0.1, -0.05) is 0 Å². The molecule has 0 fully saturated rings. The van der Waals surface area contributed by atoms with Crippen molar-refractivity contribution in [3.8, 4) is 11.6 Å². The van der Waals surface area contributed by atoms with Gasteiger partial charge in [-0.3, -0.25) is 4.79 Å². The van der Waals surface area contributed by atoms with Gasteiger partial charge in [-0.25, -0.2) is 26.9 Å². The SMILES string of the molecule is CS(=O)(=O)NC(=O)c1cc(F)c(Oc2ccnc3ccnn23)cc1F. The van der Waals surface area contributed by atoms with E-state index in [-0.39, 0.29) is 5.88 Å². The molecule has 3 aromatic rings. The lowest BCUT2D eigenvalue weighted by atomic mass is 10.2. The number of hydrogen-bond acceptors (Lipinski definition) is 6. The Kier molecular flexibility index (Phi) is 4.08. The molecule has 1 N–H and O–H groups in total. The van der Waals surface area contributed by atoms with E-state index in [2.05, 4.69) is 10.1 Å². The van der Waals surface area contributed by atoms with E-state index >= 15 is 0 Å². The molecule has 0 radical (unpaired) electrons. The molecule has 0 aliphatic rings. The van der Waals surface area contributed by atoms with E-state index in [0.29, 0.717) is 17.8 Å². The monoisotopic (exact) mass is 368 g/mol. The van der Waals surface area contributed by atoms with E-state index in [9.17, 15) is 22.0 Å². The van der Waals surface area contributed by atoms with Crippen molar-refractivity contribution in [3.63, 3.8) is 0 Å². The van der Waals surface area contributed by atoms with E-state index in [1.165, 1.54) is 23.0 Å². The van der Waals surface area contributed by atoms with Crippen molar-refractivity contribution in [2.24, 2.45) is 0 Å². The second-order valence-corrected chi connectivity index (χ2v) is 6.70. The number of ether oxygens (including phenoxy) is 1. The van der Waals surface area contributed by atoms with Crippen LogP contribution in [0.1, 0.15) is 10.4 Å². The summed E-state index contributed by atoms with van der Waals surface area (Å²) in [6.45, 7) is 0. The van der Waals surface area contributed by atoms with Crippen molar-refractivity contribution in [2.45, 2.75) is 0 Å². The van der Waals surface area contributed by atoms with Gasteiger partial charge < -0.3 is 4.74 Å². The van der Waals surface area contributed by atoms with Crippen LogP contribution in [0, 0.1) is 11.6 Å². The van der Waals surface area contributed by atoms with Gasteiger partial charge in [-0.05, 0) is 6.07 Å². The number of nitrogens with one attached hydrogen (secondary N) is 1. The third-order valence-corrected chi connectivity index (χ3v) is 3.57. The first-order chi connectivity index (χ1) is 11.7. The van der Waals surface area contributed by atoms with Crippen molar-refractivity contribution in [3.05, 3.63) is 53.9 Å². The Morgan fingerprint density at radius 1 is 1.20 bits per heavy atom. The van der Waals surface area contributed by atoms with Crippen LogP contribution in [0.15, 0.2) is 36.7 Å². The van der Waals surface area contributed by atoms with Crippen LogP contribution in [0.2, 0.25) is 0 Å². The van der Waals surface area contributed by atoms with Crippen molar-refractivity contribution < 1.29 is 26.7 Å². The highest BCUT2D eigenvalue weighted by molar-refractivity contribution is 7.89. The lowest BCUT2D eigenvalue weighted by molar-refractivity contribution is 0.0977. The molecule has 0 spiro atoms. The third-order valence-electron chi connectivity index (χ3n) is 3.01. The summed E-state index contributed by atoms with van der Waals surface area (Å²) in [4.78, 5) is 15.7. The van der Waals surface area contributed by atoms with Crippen LogP contribution in [-0.4, -0.2) is 35.2 Å². The van der Waals surface area contributed by atoms with Gasteiger partial charge >= 0.3 is 0 Å². The molecule has 0 bridgehead atoms. The summed E-state index contributed by atoms with van der Waals surface area (Å²) in [7, 11) is -3.92. The Balaban J connectivity index is 1.95. The minimum atomic E-state index is -3.92. The van der Waals surface area contributed by atoms with Gasteiger partial charge in [0.2, 0.25) is 15.9 Å². The normalized spacial score (nSPS) is 11.5. The fraction of sp³-hybridized carbons (Fsp3) is 0.0714. The maximum Gasteiger partial charge on any atom is 0.267 e. The summed E-state index contributed by atoms with van der Waals surface area (Å²) in [5, 5.41) is 3.94. The number of halogens is 2. The molecule has 11 heteroatoms. The minimum absolute atomic E-state index is 0.0710. The van der Waals surface area contributed by atoms with Crippen molar-refractivity contribution in [1.29, 1.82) is 0 Å². The third kappa shape index (κ3) is 3.55. The standard InChI is InChI=1S/C14H10F2N4O4S/c1-25(22,23)19-14(21)8-6-10(16)11(7-9(8)15)24-13-3-4-17-12-2-5-18-20(12)13/h2-7H,1H3,(H,19,21). The predicted octanol–water partition coefficient (Wildman–Crippen LogP) is 1.49. The van der Waals surface area contributed by atoms with Gasteiger partial charge in [0.05, 0.1) is 18.0 Å². The van der Waals surface area contributed by atoms with E-state index in [0.717, 1.165) is 6.26 Å². The largest absolute Gasteiger partial charge is 0.436 e. The first-order valence-electron chi connectivity index (χ1n) is 6.72. The zero-order chi connectivity index (χ0) is 18.2. The van der Waals surface area contributed by atoms with Gasteiger partial charge in [0.15, 0.2) is 17.2 Å². The quantitative estimate of drug-likeness (QED) is 0.748. The fourth-order valence-electron chi connectivity index (χ4n) is 2.01. The first kappa shape index (κ1) is 16.8. The molecular formula is C14H10F2N4O4S. The minimum Gasteiger partial charge on any atom is -0.436 e. The van der Waals surface area contributed by atoms with Crippen molar-refractivity contribution in [1.82, 2.24) is 19.3 Å². The number of aromatic nitrogens is 3. The Labute approximate surface area is 140 Å². The molecule has 1 amide bonds. The zero-order valence-electron chi connectivity index (χ0n) is 12.6. The number of carbonyl (C=O) groups is 1. The molecule has 0 atom stereocenters. The van der Waals surface area contributed by atoms with Crippen LogP contribution in [-0.2, 0) is 10.0 Å².